The summed E-state index contributed by atoms with van der Waals surface area (Å²) in [5.41, 5.74) is 0.639. The Morgan fingerprint density at radius 3 is 2.76 bits per heavy atom. The van der Waals surface area contributed by atoms with Gasteiger partial charge in [-0.2, -0.15) is 0 Å². The van der Waals surface area contributed by atoms with Gasteiger partial charge in [-0.25, -0.2) is 4.79 Å². The molecule has 0 spiro atoms. The van der Waals surface area contributed by atoms with Crippen molar-refractivity contribution in [3.05, 3.63) is 23.8 Å². The van der Waals surface area contributed by atoms with Gasteiger partial charge < -0.3 is 9.84 Å². The zero-order valence-corrected chi connectivity index (χ0v) is 9.93. The van der Waals surface area contributed by atoms with E-state index in [1.165, 1.54) is 7.11 Å². The number of carbonyl (C=O) groups excluding carboxylic acids is 1. The number of benzene rings is 1. The smallest absolute Gasteiger partial charge is 0.355 e. The van der Waals surface area contributed by atoms with Gasteiger partial charge in [0.25, 0.3) is 0 Å². The summed E-state index contributed by atoms with van der Waals surface area (Å²) in [6.45, 7) is 1.75. The molecule has 0 aliphatic rings. The van der Waals surface area contributed by atoms with Crippen molar-refractivity contribution in [2.24, 2.45) is 0 Å². The first-order chi connectivity index (χ1) is 8.21. The molecular weight excluding hydrogens is 224 g/mol. The van der Waals surface area contributed by atoms with Gasteiger partial charge >= 0.3 is 5.97 Å². The van der Waals surface area contributed by atoms with Gasteiger partial charge in [0.05, 0.1) is 13.7 Å². The Hall–Kier alpha value is -1.75. The van der Waals surface area contributed by atoms with E-state index in [0.29, 0.717) is 29.9 Å². The number of aliphatic hydroxyl groups excluding tert-OH is 1. The van der Waals surface area contributed by atoms with Crippen LogP contribution in [0.2, 0.25) is 0 Å². The zero-order valence-electron chi connectivity index (χ0n) is 9.93. The van der Waals surface area contributed by atoms with Crippen molar-refractivity contribution >= 4 is 5.97 Å². The minimum absolute atomic E-state index is 0.126. The second-order valence-corrected chi connectivity index (χ2v) is 3.42. The highest BCUT2D eigenvalue weighted by atomic mass is 17.2. The number of rotatable bonds is 6. The van der Waals surface area contributed by atoms with E-state index in [4.69, 9.17) is 14.7 Å². The van der Waals surface area contributed by atoms with Crippen molar-refractivity contribution in [2.75, 3.05) is 7.11 Å². The van der Waals surface area contributed by atoms with Crippen LogP contribution < -0.4 is 9.62 Å². The maximum atomic E-state index is 11.1. The molecule has 94 valence electrons. The fourth-order valence-electron chi connectivity index (χ4n) is 1.25. The van der Waals surface area contributed by atoms with E-state index in [2.05, 4.69) is 4.89 Å². The average molecular weight is 240 g/mol. The molecule has 0 radical (unpaired) electrons. The lowest BCUT2D eigenvalue weighted by molar-refractivity contribution is -0.213. The molecule has 0 saturated carbocycles. The maximum absolute atomic E-state index is 11.1. The lowest BCUT2D eigenvalue weighted by Crippen LogP contribution is -2.07. The predicted octanol–water partition coefficient (Wildman–Crippen LogP) is 1.82. The van der Waals surface area contributed by atoms with Crippen molar-refractivity contribution in [1.82, 2.24) is 0 Å². The number of methoxy groups -OCH3 is 1. The molecule has 1 aromatic rings. The van der Waals surface area contributed by atoms with Crippen molar-refractivity contribution in [3.8, 4) is 11.5 Å². The topological polar surface area (TPSA) is 65.0 Å². The van der Waals surface area contributed by atoms with Gasteiger partial charge in [0.2, 0.25) is 0 Å². The van der Waals surface area contributed by atoms with Gasteiger partial charge in [0, 0.05) is 18.1 Å². The van der Waals surface area contributed by atoms with Crippen molar-refractivity contribution < 1.29 is 24.4 Å². The van der Waals surface area contributed by atoms with E-state index in [-0.39, 0.29) is 6.61 Å². The van der Waals surface area contributed by atoms with Crippen LogP contribution in [0.25, 0.3) is 0 Å². The molecule has 0 aliphatic heterocycles. The molecule has 0 fully saturated rings. The van der Waals surface area contributed by atoms with E-state index in [1.807, 2.05) is 6.92 Å². The summed E-state index contributed by atoms with van der Waals surface area (Å²) in [6, 6.07) is 4.78. The number of carbonyl (C=O) groups is 1. The Balaban J connectivity index is 2.63. The molecule has 0 heterocycles. The highest BCUT2D eigenvalue weighted by molar-refractivity contribution is 5.68. The number of ether oxygens (including phenoxy) is 1. The van der Waals surface area contributed by atoms with Gasteiger partial charge in [-0.3, -0.25) is 9.78 Å². The van der Waals surface area contributed by atoms with E-state index in [9.17, 15) is 4.79 Å². The Morgan fingerprint density at radius 2 is 2.18 bits per heavy atom. The molecule has 0 atom stereocenters. The first kappa shape index (κ1) is 13.3. The first-order valence-electron chi connectivity index (χ1n) is 5.36. The predicted molar refractivity (Wildman–Crippen MR) is 60.5 cm³/mol. The summed E-state index contributed by atoms with van der Waals surface area (Å²) in [5, 5.41) is 9.02. The van der Waals surface area contributed by atoms with Gasteiger partial charge in [-0.05, 0) is 18.6 Å². The van der Waals surface area contributed by atoms with E-state index < -0.39 is 5.97 Å². The summed E-state index contributed by atoms with van der Waals surface area (Å²) >= 11 is 0. The highest BCUT2D eigenvalue weighted by Crippen LogP contribution is 2.24. The summed E-state index contributed by atoms with van der Waals surface area (Å²) in [6.07, 6.45) is 1.01. The molecule has 5 nitrogen and oxygen atoms in total. The third kappa shape index (κ3) is 3.96. The second kappa shape index (κ2) is 6.75. The molecule has 1 N–H and O–H groups in total. The van der Waals surface area contributed by atoms with Crippen molar-refractivity contribution in [2.45, 2.75) is 26.4 Å². The van der Waals surface area contributed by atoms with Crippen LogP contribution >= 0.6 is 0 Å². The van der Waals surface area contributed by atoms with Crippen LogP contribution in [0.1, 0.15) is 25.3 Å². The number of aliphatic hydroxyl groups is 1. The van der Waals surface area contributed by atoms with Crippen LogP contribution in [0.15, 0.2) is 18.2 Å². The molecule has 0 aromatic heterocycles. The van der Waals surface area contributed by atoms with Gasteiger partial charge in [-0.15, -0.1) is 0 Å². The second-order valence-electron chi connectivity index (χ2n) is 3.42. The van der Waals surface area contributed by atoms with Gasteiger partial charge in [-0.1, -0.05) is 6.92 Å². The molecule has 0 aliphatic carbocycles. The van der Waals surface area contributed by atoms with E-state index >= 15 is 0 Å². The number of hydrogen-bond donors (Lipinski definition) is 1. The maximum Gasteiger partial charge on any atom is 0.355 e. The number of hydrogen-bond acceptors (Lipinski definition) is 5. The summed E-state index contributed by atoms with van der Waals surface area (Å²) < 4.78 is 5.05. The van der Waals surface area contributed by atoms with E-state index in [0.717, 1.165) is 0 Å². The zero-order chi connectivity index (χ0) is 12.7. The minimum Gasteiger partial charge on any atom is -0.496 e. The van der Waals surface area contributed by atoms with Crippen LogP contribution in [0, 0.1) is 0 Å². The fraction of sp³-hybridized carbons (Fsp3) is 0.417. The van der Waals surface area contributed by atoms with Crippen LogP contribution in [0.4, 0.5) is 0 Å². The standard InChI is InChI=1S/C12H16O5/c1-3-4-12(14)17-16-10-6-5-9(8-13)11(7-10)15-2/h5-7,13H,3-4,8H2,1-2H3. The van der Waals surface area contributed by atoms with Crippen molar-refractivity contribution in [1.29, 1.82) is 0 Å². The fourth-order valence-corrected chi connectivity index (χ4v) is 1.25. The van der Waals surface area contributed by atoms with Gasteiger partial charge in [0.15, 0.2) is 5.75 Å². The van der Waals surface area contributed by atoms with Crippen molar-refractivity contribution in [3.63, 3.8) is 0 Å². The summed E-state index contributed by atoms with van der Waals surface area (Å²) in [5.74, 6) is 0.415. The summed E-state index contributed by atoms with van der Waals surface area (Å²) in [4.78, 5) is 20.5. The molecule has 0 bridgehead atoms. The van der Waals surface area contributed by atoms with Crippen LogP contribution in [-0.2, 0) is 16.3 Å². The summed E-state index contributed by atoms with van der Waals surface area (Å²) in [7, 11) is 1.49. The molecule has 0 unspecified atom stereocenters. The molecule has 0 amide bonds. The lowest BCUT2D eigenvalue weighted by Gasteiger charge is -2.08. The Bertz CT molecular complexity index is 375. The van der Waals surface area contributed by atoms with Crippen LogP contribution in [0.3, 0.4) is 0 Å². The van der Waals surface area contributed by atoms with E-state index in [1.54, 1.807) is 18.2 Å². The molecule has 1 aromatic carbocycles. The SMILES string of the molecule is CCCC(=O)OOc1ccc(CO)c(OC)c1. The largest absolute Gasteiger partial charge is 0.496 e. The third-order valence-corrected chi connectivity index (χ3v) is 2.11. The minimum atomic E-state index is -0.419. The molecule has 1 rings (SSSR count). The molecule has 5 heteroatoms. The lowest BCUT2D eigenvalue weighted by atomic mass is 10.2. The quantitative estimate of drug-likeness (QED) is 0.607. The molecule has 0 saturated heterocycles. The Labute approximate surface area is 99.8 Å². The van der Waals surface area contributed by atoms with Crippen LogP contribution in [0.5, 0.6) is 11.5 Å². The monoisotopic (exact) mass is 240 g/mol. The highest BCUT2D eigenvalue weighted by Gasteiger charge is 2.07. The normalized spacial score (nSPS) is 9.82. The molecule has 17 heavy (non-hydrogen) atoms. The molecular formula is C12H16O5. The Morgan fingerprint density at radius 1 is 1.41 bits per heavy atom. The Kier molecular flexibility index (Phi) is 5.29. The van der Waals surface area contributed by atoms with Crippen LogP contribution in [-0.4, -0.2) is 18.2 Å². The average Bonchev–Trinajstić information content (AvgIpc) is 2.36. The third-order valence-electron chi connectivity index (χ3n) is 2.11. The first-order valence-corrected chi connectivity index (χ1v) is 5.36. The van der Waals surface area contributed by atoms with Gasteiger partial charge in [0.1, 0.15) is 5.75 Å².